The van der Waals surface area contributed by atoms with Gasteiger partial charge in [-0.1, -0.05) is 57.7 Å². The Morgan fingerprint density at radius 2 is 1.71 bits per heavy atom. The number of rotatable bonds is 13. The standard InChI is InChI=1S/C32H40F3N3/c1-8-11-15-28-21-30(37-10-3)29(20-27(28)9-2)22(4)16-25-13-12-14-26(19-25)17-23(5)38-24(6)18-31(36-7)32(33,34)35/h10,12-14,18-21,38H,4-5,8-9,11,15-17H2,1-3,6-7H3/b24-18+,36-31?,37-10?. The van der Waals surface area contributed by atoms with Gasteiger partial charge in [-0.15, -0.1) is 0 Å². The quantitative estimate of drug-likeness (QED) is 0.262. The lowest BCUT2D eigenvalue weighted by atomic mass is 9.91. The molecule has 0 radical (unpaired) electrons. The van der Waals surface area contributed by atoms with Crippen LogP contribution in [0.4, 0.5) is 18.9 Å². The number of halogens is 3. The number of allylic oxidation sites excluding steroid dienone is 4. The fraction of sp³-hybridized carbons (Fsp3) is 0.375. The van der Waals surface area contributed by atoms with Gasteiger partial charge in [0.2, 0.25) is 0 Å². The summed E-state index contributed by atoms with van der Waals surface area (Å²) in [6, 6.07) is 12.6. The highest BCUT2D eigenvalue weighted by Gasteiger charge is 2.33. The molecule has 0 atom stereocenters. The molecule has 0 spiro atoms. The average Bonchev–Trinajstić information content (AvgIpc) is 2.85. The van der Waals surface area contributed by atoms with Gasteiger partial charge in [-0.25, -0.2) is 0 Å². The van der Waals surface area contributed by atoms with E-state index in [1.54, 1.807) is 6.92 Å². The smallest absolute Gasteiger partial charge is 0.363 e. The van der Waals surface area contributed by atoms with Crippen LogP contribution in [0.5, 0.6) is 0 Å². The van der Waals surface area contributed by atoms with E-state index in [1.165, 1.54) is 11.1 Å². The summed E-state index contributed by atoms with van der Waals surface area (Å²) in [7, 11) is 1.13. The van der Waals surface area contributed by atoms with Crippen LogP contribution in [-0.4, -0.2) is 25.2 Å². The average molecular weight is 524 g/mol. The minimum atomic E-state index is -4.49. The maximum absolute atomic E-state index is 13.0. The number of unbranched alkanes of at least 4 members (excludes halogenated alkanes) is 1. The molecule has 0 amide bonds. The number of aryl methyl sites for hydroxylation is 2. The first-order valence-electron chi connectivity index (χ1n) is 13.1. The van der Waals surface area contributed by atoms with Crippen LogP contribution in [0.1, 0.15) is 68.4 Å². The zero-order valence-corrected chi connectivity index (χ0v) is 23.3. The van der Waals surface area contributed by atoms with Crippen molar-refractivity contribution >= 4 is 23.2 Å². The Hall–Kier alpha value is -3.41. The lowest BCUT2D eigenvalue weighted by Crippen LogP contribution is -2.23. The molecule has 0 aliphatic heterocycles. The molecule has 0 aliphatic carbocycles. The van der Waals surface area contributed by atoms with Gasteiger partial charge >= 0.3 is 6.18 Å². The molecule has 204 valence electrons. The molecule has 6 heteroatoms. The Morgan fingerprint density at radius 3 is 2.29 bits per heavy atom. The van der Waals surface area contributed by atoms with Gasteiger partial charge in [0.1, 0.15) is 5.71 Å². The van der Waals surface area contributed by atoms with Crippen molar-refractivity contribution in [3.63, 3.8) is 0 Å². The molecule has 0 bridgehead atoms. The molecule has 0 heterocycles. The molecule has 3 nitrogen and oxygen atoms in total. The highest BCUT2D eigenvalue weighted by atomic mass is 19.4. The summed E-state index contributed by atoms with van der Waals surface area (Å²) < 4.78 is 38.9. The summed E-state index contributed by atoms with van der Waals surface area (Å²) in [5, 5.41) is 2.96. The molecule has 1 N–H and O–H groups in total. The third-order valence-corrected chi connectivity index (χ3v) is 6.23. The number of nitrogens with zero attached hydrogens (tertiary/aromatic N) is 2. The molecule has 2 aromatic rings. The molecule has 0 aliphatic rings. The second-order valence-electron chi connectivity index (χ2n) is 9.42. The second-order valence-corrected chi connectivity index (χ2v) is 9.42. The van der Waals surface area contributed by atoms with Crippen molar-refractivity contribution in [1.29, 1.82) is 0 Å². The number of hydrogen-bond donors (Lipinski definition) is 1. The van der Waals surface area contributed by atoms with Crippen molar-refractivity contribution < 1.29 is 13.2 Å². The van der Waals surface area contributed by atoms with Crippen LogP contribution in [0.2, 0.25) is 0 Å². The summed E-state index contributed by atoms with van der Waals surface area (Å²) in [6.07, 6.45) is 3.78. The Kier molecular flexibility index (Phi) is 11.8. The number of hydrogen-bond acceptors (Lipinski definition) is 3. The molecule has 0 unspecified atom stereocenters. The fourth-order valence-corrected chi connectivity index (χ4v) is 4.41. The molecule has 0 saturated heterocycles. The molecule has 2 rings (SSSR count). The number of aliphatic imine (C=N–C) groups is 2. The monoisotopic (exact) mass is 523 g/mol. The first-order chi connectivity index (χ1) is 18.0. The zero-order valence-electron chi connectivity index (χ0n) is 23.3. The van der Waals surface area contributed by atoms with Crippen LogP contribution in [0.25, 0.3) is 5.57 Å². The molecule has 0 saturated carbocycles. The summed E-state index contributed by atoms with van der Waals surface area (Å²) in [6.45, 7) is 16.3. The van der Waals surface area contributed by atoms with Crippen molar-refractivity contribution in [3.8, 4) is 0 Å². The SMILES string of the molecule is C=C(Cc1cccc(CC(=C)c2cc(CC)c(CCCC)cc2N=CC)c1)N/C(C)=C/C(=NC)C(F)(F)F. The Bertz CT molecular complexity index is 1220. The lowest BCUT2D eigenvalue weighted by molar-refractivity contribution is -0.0578. The number of alkyl halides is 3. The first-order valence-corrected chi connectivity index (χ1v) is 13.1. The van der Waals surface area contributed by atoms with Crippen molar-refractivity contribution in [3.05, 3.63) is 94.8 Å². The van der Waals surface area contributed by atoms with E-state index < -0.39 is 11.9 Å². The third-order valence-electron chi connectivity index (χ3n) is 6.23. The van der Waals surface area contributed by atoms with Crippen LogP contribution in [0.3, 0.4) is 0 Å². The summed E-state index contributed by atoms with van der Waals surface area (Å²) in [5.74, 6) is 0. The summed E-state index contributed by atoms with van der Waals surface area (Å²) >= 11 is 0. The van der Waals surface area contributed by atoms with Crippen molar-refractivity contribution in [1.82, 2.24) is 5.32 Å². The number of nitrogens with one attached hydrogen (secondary N) is 1. The van der Waals surface area contributed by atoms with E-state index in [2.05, 4.69) is 66.6 Å². The van der Waals surface area contributed by atoms with E-state index in [0.717, 1.165) is 66.8 Å². The van der Waals surface area contributed by atoms with Crippen LogP contribution in [0, 0.1) is 0 Å². The molecule has 0 fully saturated rings. The highest BCUT2D eigenvalue weighted by molar-refractivity contribution is 5.99. The second kappa shape index (κ2) is 14.5. The van der Waals surface area contributed by atoms with Crippen molar-refractivity contribution in [2.45, 2.75) is 72.4 Å². The summed E-state index contributed by atoms with van der Waals surface area (Å²) in [5.41, 5.74) is 7.81. The zero-order chi connectivity index (χ0) is 28.3. The van der Waals surface area contributed by atoms with Gasteiger partial charge in [0.05, 0.1) is 5.69 Å². The maximum atomic E-state index is 13.0. The fourth-order valence-electron chi connectivity index (χ4n) is 4.41. The molecular formula is C32H40F3N3. The number of benzene rings is 2. The first kappa shape index (κ1) is 30.8. The van der Waals surface area contributed by atoms with E-state index in [9.17, 15) is 13.2 Å². The minimum Gasteiger partial charge on any atom is -0.363 e. The van der Waals surface area contributed by atoms with Crippen LogP contribution >= 0.6 is 0 Å². The summed E-state index contributed by atoms with van der Waals surface area (Å²) in [4.78, 5) is 7.98. The third kappa shape index (κ3) is 9.16. The van der Waals surface area contributed by atoms with Gasteiger partial charge in [-0.2, -0.15) is 13.2 Å². The Balaban J connectivity index is 2.19. The lowest BCUT2D eigenvalue weighted by Gasteiger charge is -2.16. The van der Waals surface area contributed by atoms with Gasteiger partial charge in [-0.3, -0.25) is 9.98 Å². The largest absolute Gasteiger partial charge is 0.432 e. The normalized spacial score (nSPS) is 12.7. The van der Waals surface area contributed by atoms with E-state index in [0.29, 0.717) is 24.2 Å². The predicted octanol–water partition coefficient (Wildman–Crippen LogP) is 8.75. The molecular weight excluding hydrogens is 483 g/mol. The Labute approximate surface area is 226 Å². The van der Waals surface area contributed by atoms with Crippen molar-refractivity contribution in [2.24, 2.45) is 9.98 Å². The van der Waals surface area contributed by atoms with E-state index in [4.69, 9.17) is 0 Å². The van der Waals surface area contributed by atoms with Gasteiger partial charge in [0, 0.05) is 36.6 Å². The topological polar surface area (TPSA) is 36.8 Å². The van der Waals surface area contributed by atoms with Gasteiger partial charge in [-0.05, 0) is 85.6 Å². The minimum absolute atomic E-state index is 0.329. The Morgan fingerprint density at radius 1 is 1.03 bits per heavy atom. The maximum Gasteiger partial charge on any atom is 0.432 e. The van der Waals surface area contributed by atoms with Crippen LogP contribution in [0.15, 0.2) is 77.0 Å². The molecule has 0 aromatic heterocycles. The van der Waals surface area contributed by atoms with Crippen molar-refractivity contribution in [2.75, 3.05) is 7.05 Å². The predicted molar refractivity (Wildman–Crippen MR) is 157 cm³/mol. The van der Waals surface area contributed by atoms with Gasteiger partial charge in [0.15, 0.2) is 0 Å². The van der Waals surface area contributed by atoms with E-state index in [1.807, 2.05) is 25.3 Å². The molecule has 38 heavy (non-hydrogen) atoms. The van der Waals surface area contributed by atoms with E-state index >= 15 is 0 Å². The van der Waals surface area contributed by atoms with Crippen LogP contribution < -0.4 is 5.32 Å². The highest BCUT2D eigenvalue weighted by Crippen LogP contribution is 2.32. The molecule has 2 aromatic carbocycles. The van der Waals surface area contributed by atoms with Gasteiger partial charge in [0.25, 0.3) is 0 Å². The van der Waals surface area contributed by atoms with Gasteiger partial charge < -0.3 is 5.32 Å². The van der Waals surface area contributed by atoms with E-state index in [-0.39, 0.29) is 0 Å². The van der Waals surface area contributed by atoms with Crippen LogP contribution in [-0.2, 0) is 25.7 Å².